The second-order valence-corrected chi connectivity index (χ2v) is 5.67. The number of aromatic nitrogens is 1. The van der Waals surface area contributed by atoms with Crippen molar-refractivity contribution < 1.29 is 24.2 Å². The summed E-state index contributed by atoms with van der Waals surface area (Å²) in [5.41, 5.74) is 1.03. The summed E-state index contributed by atoms with van der Waals surface area (Å²) in [5.74, 6) is -1.83. The number of carboxylic acid groups (broad SMARTS) is 1. The first-order valence-electron chi connectivity index (χ1n) is 7.20. The third kappa shape index (κ3) is 4.88. The van der Waals surface area contributed by atoms with Crippen molar-refractivity contribution in [2.75, 3.05) is 11.9 Å². The number of esters is 1. The van der Waals surface area contributed by atoms with Gasteiger partial charge in [0, 0.05) is 5.38 Å². The standard InChI is InChI=1S/C16H16N2O5S/c1-2-23-14(20)8-11-9-24-16(17-11)18-13(19)7-10-5-3-4-6-12(10)15(21)22/h3-6,9H,2,7-8H2,1H3,(H,21,22)(H,17,18,19). The van der Waals surface area contributed by atoms with E-state index >= 15 is 0 Å². The summed E-state index contributed by atoms with van der Waals surface area (Å²) in [6, 6.07) is 6.33. The van der Waals surface area contributed by atoms with Gasteiger partial charge in [-0.15, -0.1) is 11.3 Å². The van der Waals surface area contributed by atoms with Crippen molar-refractivity contribution in [3.63, 3.8) is 0 Å². The van der Waals surface area contributed by atoms with E-state index in [0.29, 0.717) is 23.0 Å². The molecule has 2 aromatic rings. The first-order chi connectivity index (χ1) is 11.5. The predicted octanol–water partition coefficient (Wildman–Crippen LogP) is 2.13. The van der Waals surface area contributed by atoms with E-state index in [0.717, 1.165) is 0 Å². The van der Waals surface area contributed by atoms with Gasteiger partial charge in [-0.25, -0.2) is 9.78 Å². The van der Waals surface area contributed by atoms with Crippen LogP contribution in [-0.4, -0.2) is 34.5 Å². The fraction of sp³-hybridized carbons (Fsp3) is 0.250. The molecule has 0 saturated heterocycles. The molecule has 0 unspecified atom stereocenters. The van der Waals surface area contributed by atoms with E-state index in [1.165, 1.54) is 17.4 Å². The third-order valence-corrected chi connectivity index (χ3v) is 3.83. The van der Waals surface area contributed by atoms with Gasteiger partial charge in [-0.2, -0.15) is 0 Å². The number of hydrogen-bond acceptors (Lipinski definition) is 6. The number of thiazole rings is 1. The van der Waals surface area contributed by atoms with E-state index in [2.05, 4.69) is 10.3 Å². The Morgan fingerprint density at radius 1 is 1.25 bits per heavy atom. The molecule has 1 aromatic carbocycles. The van der Waals surface area contributed by atoms with Gasteiger partial charge in [0.15, 0.2) is 5.13 Å². The van der Waals surface area contributed by atoms with E-state index in [-0.39, 0.29) is 30.3 Å². The Hall–Kier alpha value is -2.74. The Morgan fingerprint density at radius 3 is 2.71 bits per heavy atom. The molecule has 1 aromatic heterocycles. The number of anilines is 1. The fourth-order valence-corrected chi connectivity index (χ4v) is 2.75. The lowest BCUT2D eigenvalue weighted by Crippen LogP contribution is -2.16. The maximum absolute atomic E-state index is 12.1. The number of rotatable bonds is 7. The highest BCUT2D eigenvalue weighted by molar-refractivity contribution is 7.13. The minimum Gasteiger partial charge on any atom is -0.478 e. The van der Waals surface area contributed by atoms with Crippen LogP contribution in [0, 0.1) is 0 Å². The van der Waals surface area contributed by atoms with Gasteiger partial charge >= 0.3 is 11.9 Å². The van der Waals surface area contributed by atoms with Crippen molar-refractivity contribution in [1.29, 1.82) is 0 Å². The second-order valence-electron chi connectivity index (χ2n) is 4.81. The van der Waals surface area contributed by atoms with E-state index in [1.807, 2.05) is 0 Å². The Balaban J connectivity index is 1.97. The molecule has 2 rings (SSSR count). The van der Waals surface area contributed by atoms with Gasteiger partial charge in [-0.1, -0.05) is 18.2 Å². The average molecular weight is 348 g/mol. The van der Waals surface area contributed by atoms with Crippen molar-refractivity contribution in [2.24, 2.45) is 0 Å². The molecule has 126 valence electrons. The number of aromatic carboxylic acids is 1. The van der Waals surface area contributed by atoms with Gasteiger partial charge in [-0.05, 0) is 18.6 Å². The van der Waals surface area contributed by atoms with Crippen LogP contribution in [0.3, 0.4) is 0 Å². The molecular weight excluding hydrogens is 332 g/mol. The van der Waals surface area contributed by atoms with Crippen LogP contribution in [0.2, 0.25) is 0 Å². The van der Waals surface area contributed by atoms with Crippen LogP contribution in [0.1, 0.15) is 28.5 Å². The molecule has 0 radical (unpaired) electrons. The van der Waals surface area contributed by atoms with Crippen LogP contribution in [0.5, 0.6) is 0 Å². The normalized spacial score (nSPS) is 10.2. The zero-order chi connectivity index (χ0) is 17.5. The maximum Gasteiger partial charge on any atom is 0.335 e. The van der Waals surface area contributed by atoms with Crippen molar-refractivity contribution in [2.45, 2.75) is 19.8 Å². The summed E-state index contributed by atoms with van der Waals surface area (Å²) < 4.78 is 4.83. The first kappa shape index (κ1) is 17.6. The molecule has 0 aliphatic rings. The average Bonchev–Trinajstić information content (AvgIpc) is 2.94. The number of carbonyl (C=O) groups excluding carboxylic acids is 2. The lowest BCUT2D eigenvalue weighted by Gasteiger charge is -2.05. The summed E-state index contributed by atoms with van der Waals surface area (Å²) in [5, 5.41) is 13.7. The summed E-state index contributed by atoms with van der Waals surface area (Å²) >= 11 is 1.19. The van der Waals surface area contributed by atoms with Crippen molar-refractivity contribution >= 4 is 34.3 Å². The predicted molar refractivity (Wildman–Crippen MR) is 88.2 cm³/mol. The number of nitrogens with zero attached hydrogens (tertiary/aromatic N) is 1. The zero-order valence-electron chi connectivity index (χ0n) is 12.9. The van der Waals surface area contributed by atoms with Gasteiger partial charge in [0.05, 0.1) is 30.7 Å². The van der Waals surface area contributed by atoms with Crippen LogP contribution >= 0.6 is 11.3 Å². The topological polar surface area (TPSA) is 106 Å². The van der Waals surface area contributed by atoms with Crippen molar-refractivity contribution in [3.05, 3.63) is 46.5 Å². The molecule has 7 nitrogen and oxygen atoms in total. The summed E-state index contributed by atoms with van der Waals surface area (Å²) in [6.07, 6.45) is -0.0304. The monoisotopic (exact) mass is 348 g/mol. The third-order valence-electron chi connectivity index (χ3n) is 3.03. The minimum atomic E-state index is -1.08. The van der Waals surface area contributed by atoms with Crippen LogP contribution in [0.25, 0.3) is 0 Å². The molecule has 2 N–H and O–H groups in total. The van der Waals surface area contributed by atoms with Crippen LogP contribution in [-0.2, 0) is 27.2 Å². The van der Waals surface area contributed by atoms with Gasteiger partial charge < -0.3 is 15.2 Å². The molecule has 0 aliphatic carbocycles. The maximum atomic E-state index is 12.1. The largest absolute Gasteiger partial charge is 0.478 e. The van der Waals surface area contributed by atoms with E-state index in [4.69, 9.17) is 9.84 Å². The summed E-state index contributed by atoms with van der Waals surface area (Å²) in [4.78, 5) is 38.7. The van der Waals surface area contributed by atoms with Gasteiger partial charge in [0.2, 0.25) is 5.91 Å². The van der Waals surface area contributed by atoms with Gasteiger partial charge in [0.1, 0.15) is 0 Å². The SMILES string of the molecule is CCOC(=O)Cc1csc(NC(=O)Cc2ccccc2C(=O)O)n1. The van der Waals surface area contributed by atoms with Crippen LogP contribution in [0.15, 0.2) is 29.6 Å². The molecule has 8 heteroatoms. The number of hydrogen-bond donors (Lipinski definition) is 2. The summed E-state index contributed by atoms with van der Waals surface area (Å²) in [7, 11) is 0. The van der Waals surface area contributed by atoms with E-state index in [1.54, 1.807) is 30.5 Å². The van der Waals surface area contributed by atoms with E-state index < -0.39 is 5.97 Å². The molecular formula is C16H16N2O5S. The van der Waals surface area contributed by atoms with Gasteiger partial charge in [0.25, 0.3) is 0 Å². The highest BCUT2D eigenvalue weighted by atomic mass is 32.1. The smallest absolute Gasteiger partial charge is 0.335 e. The molecule has 0 saturated carbocycles. The number of carbonyl (C=O) groups is 3. The van der Waals surface area contributed by atoms with Crippen molar-refractivity contribution in [3.8, 4) is 0 Å². The molecule has 0 spiro atoms. The van der Waals surface area contributed by atoms with E-state index in [9.17, 15) is 14.4 Å². The Labute approximate surface area is 142 Å². The number of ether oxygens (including phenoxy) is 1. The number of nitrogens with one attached hydrogen (secondary N) is 1. The highest BCUT2D eigenvalue weighted by Gasteiger charge is 2.14. The molecule has 0 bridgehead atoms. The number of benzene rings is 1. The molecule has 0 atom stereocenters. The Morgan fingerprint density at radius 2 is 2.00 bits per heavy atom. The lowest BCUT2D eigenvalue weighted by atomic mass is 10.0. The second kappa shape index (κ2) is 8.21. The molecule has 0 aliphatic heterocycles. The number of carboxylic acids is 1. The van der Waals surface area contributed by atoms with Crippen molar-refractivity contribution in [1.82, 2.24) is 4.98 Å². The van der Waals surface area contributed by atoms with Crippen LogP contribution < -0.4 is 5.32 Å². The fourth-order valence-electron chi connectivity index (χ4n) is 2.03. The number of amides is 1. The quantitative estimate of drug-likeness (QED) is 0.743. The Bertz CT molecular complexity index is 756. The van der Waals surface area contributed by atoms with Crippen LogP contribution in [0.4, 0.5) is 5.13 Å². The van der Waals surface area contributed by atoms with Gasteiger partial charge in [-0.3, -0.25) is 9.59 Å². The zero-order valence-corrected chi connectivity index (χ0v) is 13.8. The molecule has 24 heavy (non-hydrogen) atoms. The Kier molecular flexibility index (Phi) is 6.02. The molecule has 0 fully saturated rings. The first-order valence-corrected chi connectivity index (χ1v) is 8.08. The molecule has 1 amide bonds. The highest BCUT2D eigenvalue weighted by Crippen LogP contribution is 2.17. The minimum absolute atomic E-state index is 0.0437. The lowest BCUT2D eigenvalue weighted by molar-refractivity contribution is -0.142. The molecule has 1 heterocycles. The summed E-state index contributed by atoms with van der Waals surface area (Å²) in [6.45, 7) is 2.02.